The zero-order valence-electron chi connectivity index (χ0n) is 7.05. The first kappa shape index (κ1) is 8.97. The van der Waals surface area contributed by atoms with E-state index in [2.05, 4.69) is 5.32 Å². The van der Waals surface area contributed by atoms with E-state index in [1.54, 1.807) is 7.11 Å². The number of nitrogens with one attached hydrogen (secondary N) is 1. The van der Waals surface area contributed by atoms with Crippen molar-refractivity contribution in [2.45, 2.75) is 31.4 Å². The summed E-state index contributed by atoms with van der Waals surface area (Å²) in [6.45, 7) is 1.56. The summed E-state index contributed by atoms with van der Waals surface area (Å²) in [6, 6.07) is 0.514. The number of aliphatic hydroxyl groups excluding tert-OH is 1. The number of hydrogen-bond donors (Lipinski definition) is 2. The van der Waals surface area contributed by atoms with Gasteiger partial charge in [-0.1, -0.05) is 0 Å². The van der Waals surface area contributed by atoms with Crippen molar-refractivity contribution in [2.75, 3.05) is 20.3 Å². The average molecular weight is 159 g/mol. The lowest BCUT2D eigenvalue weighted by atomic mass is 10.1. The minimum Gasteiger partial charge on any atom is -0.391 e. The summed E-state index contributed by atoms with van der Waals surface area (Å²) in [7, 11) is 1.62. The molecule has 0 aromatic carbocycles. The Morgan fingerprint density at radius 3 is 3.09 bits per heavy atom. The van der Waals surface area contributed by atoms with Crippen LogP contribution in [0.2, 0.25) is 0 Å². The van der Waals surface area contributed by atoms with Gasteiger partial charge in [0.2, 0.25) is 0 Å². The molecule has 1 aliphatic rings. The lowest BCUT2D eigenvalue weighted by Crippen LogP contribution is -2.28. The molecule has 1 saturated heterocycles. The minimum absolute atomic E-state index is 0.296. The Morgan fingerprint density at radius 1 is 1.73 bits per heavy atom. The largest absolute Gasteiger partial charge is 0.391 e. The molecular weight excluding hydrogens is 142 g/mol. The number of aliphatic hydroxyl groups is 1. The molecule has 1 unspecified atom stereocenters. The summed E-state index contributed by atoms with van der Waals surface area (Å²) in [6.07, 6.45) is 2.97. The van der Waals surface area contributed by atoms with E-state index in [-0.39, 0.29) is 6.10 Å². The standard InChI is InChI=1S/C8H17NO2/c1-11-6-8(10)5-7-3-2-4-9-7/h7-10H,2-6H2,1H3/t7?,8-/m0/s1. The van der Waals surface area contributed by atoms with E-state index in [1.807, 2.05) is 0 Å². The van der Waals surface area contributed by atoms with Gasteiger partial charge in [-0.2, -0.15) is 0 Å². The first-order chi connectivity index (χ1) is 5.33. The maximum absolute atomic E-state index is 9.34. The Balaban J connectivity index is 2.08. The number of ether oxygens (including phenoxy) is 1. The highest BCUT2D eigenvalue weighted by atomic mass is 16.5. The Labute approximate surface area is 67.7 Å². The van der Waals surface area contributed by atoms with Crippen molar-refractivity contribution in [3.05, 3.63) is 0 Å². The van der Waals surface area contributed by atoms with Crippen molar-refractivity contribution < 1.29 is 9.84 Å². The second-order valence-corrected chi connectivity index (χ2v) is 3.14. The fraction of sp³-hybridized carbons (Fsp3) is 1.00. The highest BCUT2D eigenvalue weighted by Gasteiger charge is 2.17. The van der Waals surface area contributed by atoms with Gasteiger partial charge in [-0.15, -0.1) is 0 Å². The molecule has 66 valence electrons. The van der Waals surface area contributed by atoms with Gasteiger partial charge in [0.15, 0.2) is 0 Å². The highest BCUT2D eigenvalue weighted by molar-refractivity contribution is 4.76. The monoisotopic (exact) mass is 159 g/mol. The molecule has 3 heteroatoms. The summed E-state index contributed by atoms with van der Waals surface area (Å²) < 4.78 is 4.84. The third-order valence-electron chi connectivity index (χ3n) is 2.08. The average Bonchev–Trinajstić information content (AvgIpc) is 2.40. The fourth-order valence-electron chi connectivity index (χ4n) is 1.55. The molecule has 11 heavy (non-hydrogen) atoms. The molecule has 3 nitrogen and oxygen atoms in total. The Kier molecular flexibility index (Phi) is 3.83. The predicted octanol–water partition coefficient (Wildman–Crippen LogP) is 0.136. The maximum atomic E-state index is 9.34. The Morgan fingerprint density at radius 2 is 2.55 bits per heavy atom. The number of methoxy groups -OCH3 is 1. The lowest BCUT2D eigenvalue weighted by molar-refractivity contribution is 0.0537. The molecule has 0 bridgehead atoms. The summed E-state index contributed by atoms with van der Waals surface area (Å²) in [5.41, 5.74) is 0. The molecule has 0 spiro atoms. The maximum Gasteiger partial charge on any atom is 0.0788 e. The first-order valence-electron chi connectivity index (χ1n) is 4.23. The summed E-state index contributed by atoms with van der Waals surface area (Å²) >= 11 is 0. The van der Waals surface area contributed by atoms with Crippen LogP contribution < -0.4 is 5.32 Å². The van der Waals surface area contributed by atoms with Crippen LogP contribution in [0.4, 0.5) is 0 Å². The van der Waals surface area contributed by atoms with Crippen LogP contribution in [-0.2, 0) is 4.74 Å². The zero-order chi connectivity index (χ0) is 8.10. The van der Waals surface area contributed by atoms with Gasteiger partial charge in [-0.3, -0.25) is 0 Å². The SMILES string of the molecule is COC[C@@H](O)CC1CCCN1. The van der Waals surface area contributed by atoms with Crippen LogP contribution in [0.15, 0.2) is 0 Å². The van der Waals surface area contributed by atoms with Crippen molar-refractivity contribution in [1.29, 1.82) is 0 Å². The zero-order valence-corrected chi connectivity index (χ0v) is 7.05. The van der Waals surface area contributed by atoms with Crippen molar-refractivity contribution in [3.8, 4) is 0 Å². The molecule has 0 radical (unpaired) electrons. The third kappa shape index (κ3) is 3.18. The number of rotatable bonds is 4. The van der Waals surface area contributed by atoms with Crippen molar-refractivity contribution >= 4 is 0 Å². The van der Waals surface area contributed by atoms with E-state index in [9.17, 15) is 5.11 Å². The molecule has 0 aromatic heterocycles. The molecule has 1 rings (SSSR count). The van der Waals surface area contributed by atoms with E-state index in [0.29, 0.717) is 12.6 Å². The lowest BCUT2D eigenvalue weighted by Gasteiger charge is -2.14. The smallest absolute Gasteiger partial charge is 0.0788 e. The van der Waals surface area contributed by atoms with Crippen LogP contribution >= 0.6 is 0 Å². The Bertz CT molecular complexity index is 102. The van der Waals surface area contributed by atoms with Gasteiger partial charge in [-0.05, 0) is 25.8 Å². The van der Waals surface area contributed by atoms with Crippen molar-refractivity contribution in [2.24, 2.45) is 0 Å². The second kappa shape index (κ2) is 4.70. The molecule has 0 aromatic rings. The fourth-order valence-corrected chi connectivity index (χ4v) is 1.55. The van der Waals surface area contributed by atoms with Gasteiger partial charge in [0.05, 0.1) is 12.7 Å². The molecule has 1 heterocycles. The van der Waals surface area contributed by atoms with Gasteiger partial charge in [0.25, 0.3) is 0 Å². The van der Waals surface area contributed by atoms with Crippen LogP contribution in [0.5, 0.6) is 0 Å². The molecule has 0 saturated carbocycles. The van der Waals surface area contributed by atoms with Crippen LogP contribution in [-0.4, -0.2) is 37.5 Å². The quantitative estimate of drug-likeness (QED) is 0.613. The van der Waals surface area contributed by atoms with Crippen LogP contribution in [0.1, 0.15) is 19.3 Å². The molecule has 2 N–H and O–H groups in total. The molecule has 1 aliphatic heterocycles. The van der Waals surface area contributed by atoms with Gasteiger partial charge >= 0.3 is 0 Å². The van der Waals surface area contributed by atoms with Crippen molar-refractivity contribution in [1.82, 2.24) is 5.32 Å². The van der Waals surface area contributed by atoms with Crippen molar-refractivity contribution in [3.63, 3.8) is 0 Å². The van der Waals surface area contributed by atoms with Gasteiger partial charge < -0.3 is 15.2 Å². The second-order valence-electron chi connectivity index (χ2n) is 3.14. The summed E-state index contributed by atoms with van der Waals surface area (Å²) in [5.74, 6) is 0. The van der Waals surface area contributed by atoms with E-state index in [0.717, 1.165) is 13.0 Å². The molecule has 0 aliphatic carbocycles. The van der Waals surface area contributed by atoms with E-state index in [4.69, 9.17) is 4.74 Å². The third-order valence-corrected chi connectivity index (χ3v) is 2.08. The first-order valence-corrected chi connectivity index (χ1v) is 4.23. The highest BCUT2D eigenvalue weighted by Crippen LogP contribution is 2.10. The van der Waals surface area contributed by atoms with E-state index in [1.165, 1.54) is 12.8 Å². The molecule has 2 atom stereocenters. The van der Waals surface area contributed by atoms with Crippen LogP contribution in [0, 0.1) is 0 Å². The van der Waals surface area contributed by atoms with E-state index >= 15 is 0 Å². The predicted molar refractivity (Wildman–Crippen MR) is 43.5 cm³/mol. The summed E-state index contributed by atoms with van der Waals surface area (Å²) in [5, 5.41) is 12.7. The molecule has 0 amide bonds. The van der Waals surface area contributed by atoms with Gasteiger partial charge in [-0.25, -0.2) is 0 Å². The van der Waals surface area contributed by atoms with Gasteiger partial charge in [0, 0.05) is 13.2 Å². The van der Waals surface area contributed by atoms with Crippen LogP contribution in [0.3, 0.4) is 0 Å². The normalized spacial score (nSPS) is 27.3. The summed E-state index contributed by atoms with van der Waals surface area (Å²) in [4.78, 5) is 0. The topological polar surface area (TPSA) is 41.5 Å². The van der Waals surface area contributed by atoms with E-state index < -0.39 is 0 Å². The Hall–Kier alpha value is -0.120. The minimum atomic E-state index is -0.296. The number of hydrogen-bond acceptors (Lipinski definition) is 3. The molecule has 1 fully saturated rings. The van der Waals surface area contributed by atoms with Gasteiger partial charge in [0.1, 0.15) is 0 Å². The van der Waals surface area contributed by atoms with Crippen LogP contribution in [0.25, 0.3) is 0 Å². The molecular formula is C8H17NO2.